The minimum Gasteiger partial charge on any atom is -0.461 e. The molecule has 6 heteroatoms. The van der Waals surface area contributed by atoms with E-state index in [0.717, 1.165) is 22.3 Å². The Balaban J connectivity index is 1.60. The first kappa shape index (κ1) is 21.5. The quantitative estimate of drug-likeness (QED) is 0.615. The highest BCUT2D eigenvalue weighted by molar-refractivity contribution is 5.71. The van der Waals surface area contributed by atoms with E-state index in [1.54, 1.807) is 19.9 Å². The topological polar surface area (TPSA) is 107 Å². The molecule has 0 amide bonds. The Labute approximate surface area is 180 Å². The van der Waals surface area contributed by atoms with E-state index < -0.39 is 5.56 Å². The molecular weight excluding hydrogens is 390 g/mol. The fraction of sp³-hybridized carbons (Fsp3) is 0.200. The molecule has 0 saturated heterocycles. The highest BCUT2D eigenvalue weighted by atomic mass is 16.5. The third-order valence-electron chi connectivity index (χ3n) is 5.21. The van der Waals surface area contributed by atoms with Crippen molar-refractivity contribution < 1.29 is 9.53 Å². The zero-order valence-corrected chi connectivity index (χ0v) is 17.4. The fourth-order valence-electron chi connectivity index (χ4n) is 3.50. The SMILES string of the molecule is Cc1[nH]c(=O)c(C#N)c(C)c1CCC(=O)OCc1ccc(-c2ccccc2C#N)cc1. The number of esters is 1. The van der Waals surface area contributed by atoms with Gasteiger partial charge in [-0.25, -0.2) is 0 Å². The van der Waals surface area contributed by atoms with Crippen molar-refractivity contribution in [3.05, 3.63) is 92.4 Å². The number of pyridine rings is 1. The van der Waals surface area contributed by atoms with Gasteiger partial charge in [0.2, 0.25) is 0 Å². The second-order valence-corrected chi connectivity index (χ2v) is 7.18. The second-order valence-electron chi connectivity index (χ2n) is 7.18. The van der Waals surface area contributed by atoms with Crippen LogP contribution in [-0.2, 0) is 22.6 Å². The summed E-state index contributed by atoms with van der Waals surface area (Å²) in [5.41, 5.74) is 4.93. The third-order valence-corrected chi connectivity index (χ3v) is 5.21. The molecule has 0 atom stereocenters. The normalized spacial score (nSPS) is 10.2. The first-order chi connectivity index (χ1) is 14.9. The van der Waals surface area contributed by atoms with Crippen LogP contribution in [0.15, 0.2) is 53.3 Å². The van der Waals surface area contributed by atoms with Gasteiger partial charge in [-0.15, -0.1) is 0 Å². The zero-order chi connectivity index (χ0) is 22.4. The van der Waals surface area contributed by atoms with Crippen molar-refractivity contribution in [2.75, 3.05) is 0 Å². The molecule has 31 heavy (non-hydrogen) atoms. The number of aromatic amines is 1. The van der Waals surface area contributed by atoms with E-state index in [1.807, 2.05) is 48.5 Å². The van der Waals surface area contributed by atoms with E-state index >= 15 is 0 Å². The highest BCUT2D eigenvalue weighted by Gasteiger charge is 2.14. The average molecular weight is 411 g/mol. The lowest BCUT2D eigenvalue weighted by Gasteiger charge is -2.11. The largest absolute Gasteiger partial charge is 0.461 e. The summed E-state index contributed by atoms with van der Waals surface area (Å²) in [5.74, 6) is -0.359. The number of hydrogen-bond acceptors (Lipinski definition) is 5. The number of ether oxygens (including phenoxy) is 1. The molecule has 1 aromatic heterocycles. The number of hydrogen-bond donors (Lipinski definition) is 1. The molecule has 0 fully saturated rings. The van der Waals surface area contributed by atoms with Crippen LogP contribution in [0.5, 0.6) is 0 Å². The fourth-order valence-corrected chi connectivity index (χ4v) is 3.50. The second kappa shape index (κ2) is 9.56. The summed E-state index contributed by atoms with van der Waals surface area (Å²) in [6.07, 6.45) is 0.526. The van der Waals surface area contributed by atoms with Gasteiger partial charge in [0, 0.05) is 12.1 Å². The van der Waals surface area contributed by atoms with Crippen molar-refractivity contribution in [2.24, 2.45) is 0 Å². The van der Waals surface area contributed by atoms with Gasteiger partial charge >= 0.3 is 5.97 Å². The van der Waals surface area contributed by atoms with Crippen LogP contribution in [0, 0.1) is 36.5 Å². The van der Waals surface area contributed by atoms with Gasteiger partial charge in [0.05, 0.1) is 11.6 Å². The molecule has 1 heterocycles. The molecule has 3 aromatic rings. The maximum atomic E-state index is 12.2. The summed E-state index contributed by atoms with van der Waals surface area (Å²) < 4.78 is 5.37. The van der Waals surface area contributed by atoms with Crippen LogP contribution in [0.1, 0.15) is 39.9 Å². The summed E-state index contributed by atoms with van der Waals surface area (Å²) in [5, 5.41) is 18.4. The van der Waals surface area contributed by atoms with Gasteiger partial charge in [-0.05, 0) is 54.2 Å². The Kier molecular flexibility index (Phi) is 6.64. The van der Waals surface area contributed by atoms with E-state index in [0.29, 0.717) is 23.2 Å². The molecule has 6 nitrogen and oxygen atoms in total. The maximum absolute atomic E-state index is 12.2. The van der Waals surface area contributed by atoms with Crippen molar-refractivity contribution >= 4 is 5.97 Å². The maximum Gasteiger partial charge on any atom is 0.306 e. The Hall–Kier alpha value is -4.16. The summed E-state index contributed by atoms with van der Waals surface area (Å²) >= 11 is 0. The van der Waals surface area contributed by atoms with Gasteiger partial charge < -0.3 is 9.72 Å². The molecule has 0 aliphatic carbocycles. The number of H-pyrrole nitrogens is 1. The van der Waals surface area contributed by atoms with Crippen LogP contribution in [0.3, 0.4) is 0 Å². The van der Waals surface area contributed by atoms with E-state index in [1.165, 1.54) is 0 Å². The lowest BCUT2D eigenvalue weighted by Crippen LogP contribution is -2.17. The minimum atomic E-state index is -0.412. The lowest BCUT2D eigenvalue weighted by atomic mass is 9.99. The molecule has 0 aliphatic rings. The molecule has 0 bridgehead atoms. The van der Waals surface area contributed by atoms with Crippen LogP contribution >= 0.6 is 0 Å². The van der Waals surface area contributed by atoms with Crippen LogP contribution in [0.2, 0.25) is 0 Å². The monoisotopic (exact) mass is 411 g/mol. The number of carbonyl (C=O) groups excluding carboxylic acids is 1. The van der Waals surface area contributed by atoms with Crippen LogP contribution < -0.4 is 5.56 Å². The molecule has 0 spiro atoms. The van der Waals surface area contributed by atoms with Crippen molar-refractivity contribution in [1.82, 2.24) is 4.98 Å². The third kappa shape index (κ3) is 4.88. The van der Waals surface area contributed by atoms with E-state index in [9.17, 15) is 14.9 Å². The number of nitrogens with zero attached hydrogens (tertiary/aromatic N) is 2. The van der Waals surface area contributed by atoms with Crippen molar-refractivity contribution in [1.29, 1.82) is 10.5 Å². The van der Waals surface area contributed by atoms with Gasteiger partial charge in [0.15, 0.2) is 0 Å². The molecule has 1 N–H and O–H groups in total. The predicted molar refractivity (Wildman–Crippen MR) is 116 cm³/mol. The number of aromatic nitrogens is 1. The van der Waals surface area contributed by atoms with Gasteiger partial charge in [0.1, 0.15) is 18.2 Å². The molecular formula is C25H21N3O3. The molecule has 154 valence electrons. The number of rotatable bonds is 6. The zero-order valence-electron chi connectivity index (χ0n) is 17.4. The standard InChI is InChI=1S/C25H21N3O3/c1-16-21(17(2)28-25(30)23(16)14-27)11-12-24(29)31-15-18-7-9-19(10-8-18)22-6-4-3-5-20(22)13-26/h3-10H,11-12,15H2,1-2H3,(H,28,30). The summed E-state index contributed by atoms with van der Waals surface area (Å²) in [7, 11) is 0. The predicted octanol–water partition coefficient (Wildman–Crippen LogP) is 4.08. The minimum absolute atomic E-state index is 0.0760. The van der Waals surface area contributed by atoms with Crippen molar-refractivity contribution in [2.45, 2.75) is 33.3 Å². The highest BCUT2D eigenvalue weighted by Crippen LogP contribution is 2.23. The first-order valence-electron chi connectivity index (χ1n) is 9.81. The van der Waals surface area contributed by atoms with Crippen LogP contribution in [0.25, 0.3) is 11.1 Å². The Morgan fingerprint density at radius 1 is 1.03 bits per heavy atom. The van der Waals surface area contributed by atoms with Gasteiger partial charge in [-0.3, -0.25) is 9.59 Å². The van der Waals surface area contributed by atoms with E-state index in [-0.39, 0.29) is 24.6 Å². The summed E-state index contributed by atoms with van der Waals surface area (Å²) in [4.78, 5) is 26.7. The van der Waals surface area contributed by atoms with Crippen LogP contribution in [-0.4, -0.2) is 11.0 Å². The van der Waals surface area contributed by atoms with E-state index in [2.05, 4.69) is 11.1 Å². The molecule has 0 saturated carbocycles. The molecule has 0 radical (unpaired) electrons. The number of aryl methyl sites for hydroxylation is 1. The van der Waals surface area contributed by atoms with E-state index in [4.69, 9.17) is 10.00 Å². The first-order valence-corrected chi connectivity index (χ1v) is 9.81. The number of carbonyl (C=O) groups is 1. The van der Waals surface area contributed by atoms with Gasteiger partial charge in [-0.1, -0.05) is 42.5 Å². The Bertz CT molecular complexity index is 1260. The molecule has 0 unspecified atom stereocenters. The number of nitrogens with one attached hydrogen (secondary N) is 1. The smallest absolute Gasteiger partial charge is 0.306 e. The summed E-state index contributed by atoms with van der Waals surface area (Å²) in [6, 6.07) is 19.0. The van der Waals surface area contributed by atoms with Crippen molar-refractivity contribution in [3.8, 4) is 23.3 Å². The van der Waals surface area contributed by atoms with Crippen molar-refractivity contribution in [3.63, 3.8) is 0 Å². The lowest BCUT2D eigenvalue weighted by molar-refractivity contribution is -0.144. The summed E-state index contributed by atoms with van der Waals surface area (Å²) in [6.45, 7) is 3.61. The number of nitriles is 2. The Morgan fingerprint density at radius 2 is 1.74 bits per heavy atom. The van der Waals surface area contributed by atoms with Crippen LogP contribution in [0.4, 0.5) is 0 Å². The Morgan fingerprint density at radius 3 is 2.42 bits per heavy atom. The molecule has 3 rings (SSSR count). The molecule has 0 aliphatic heterocycles. The van der Waals surface area contributed by atoms with Gasteiger partial charge in [-0.2, -0.15) is 10.5 Å². The van der Waals surface area contributed by atoms with Gasteiger partial charge in [0.25, 0.3) is 5.56 Å². The average Bonchev–Trinajstić information content (AvgIpc) is 2.78. The molecule has 2 aromatic carbocycles. The number of benzene rings is 2.